The summed E-state index contributed by atoms with van der Waals surface area (Å²) >= 11 is 0. The lowest BCUT2D eigenvalue weighted by Crippen LogP contribution is -2.72. The highest BCUT2D eigenvalue weighted by molar-refractivity contribution is 6.18. The van der Waals surface area contributed by atoms with Crippen LogP contribution in [0.25, 0.3) is 0 Å². The van der Waals surface area contributed by atoms with Gasteiger partial charge in [0.2, 0.25) is 0 Å². The van der Waals surface area contributed by atoms with E-state index in [1.165, 1.54) is 5.57 Å². The molecular formula is C38H46O7. The largest absolute Gasteiger partial charge is 0.507 e. The van der Waals surface area contributed by atoms with Gasteiger partial charge >= 0.3 is 0 Å². The van der Waals surface area contributed by atoms with Crippen molar-refractivity contribution in [2.75, 3.05) is 0 Å². The Kier molecular flexibility index (Phi) is 8.41. The van der Waals surface area contributed by atoms with E-state index in [-0.39, 0.29) is 59.3 Å². The number of ketones is 2. The van der Waals surface area contributed by atoms with Gasteiger partial charge in [0.25, 0.3) is 0 Å². The van der Waals surface area contributed by atoms with Crippen molar-refractivity contribution in [1.29, 1.82) is 0 Å². The second kappa shape index (κ2) is 11.6. The molecule has 0 unspecified atom stereocenters. The summed E-state index contributed by atoms with van der Waals surface area (Å²) < 4.78 is 13.7. The third-order valence-electron chi connectivity index (χ3n) is 10.0. The number of phenolic OH excluding ortho intramolecular Hbond substituents is 2. The van der Waals surface area contributed by atoms with Crippen LogP contribution in [0.1, 0.15) is 103 Å². The first-order chi connectivity index (χ1) is 21.1. The maximum absolute atomic E-state index is 14.7. The van der Waals surface area contributed by atoms with Crippen LogP contribution in [0.4, 0.5) is 0 Å². The lowest BCUT2D eigenvalue weighted by molar-refractivity contribution is -0.171. The molecule has 4 atom stereocenters. The first kappa shape index (κ1) is 32.7. The predicted octanol–water partition coefficient (Wildman–Crippen LogP) is 7.38. The molecule has 2 heterocycles. The van der Waals surface area contributed by atoms with Gasteiger partial charge in [0.05, 0.1) is 5.60 Å². The molecule has 2 N–H and O–H groups in total. The van der Waals surface area contributed by atoms with Crippen LogP contribution in [-0.4, -0.2) is 44.9 Å². The second-order valence-corrected chi connectivity index (χ2v) is 14.2. The van der Waals surface area contributed by atoms with Crippen LogP contribution in [-0.2, 0) is 27.2 Å². The zero-order valence-corrected chi connectivity index (χ0v) is 27.8. The number of aromatic hydroxyl groups is 2. The molecule has 0 radical (unpaired) electrons. The number of aldehydes is 1. The van der Waals surface area contributed by atoms with Crippen LogP contribution in [0.2, 0.25) is 0 Å². The molecule has 240 valence electrons. The van der Waals surface area contributed by atoms with Gasteiger partial charge in [-0.3, -0.25) is 14.4 Å². The minimum Gasteiger partial charge on any atom is -0.507 e. The van der Waals surface area contributed by atoms with Gasteiger partial charge in [-0.2, -0.15) is 0 Å². The predicted molar refractivity (Wildman–Crippen MR) is 174 cm³/mol. The lowest BCUT2D eigenvalue weighted by Gasteiger charge is -2.56. The van der Waals surface area contributed by atoms with E-state index < -0.39 is 28.5 Å². The summed E-state index contributed by atoms with van der Waals surface area (Å²) in [5.41, 5.74) is 0.953. The minimum absolute atomic E-state index is 0.0133. The van der Waals surface area contributed by atoms with Gasteiger partial charge in [-0.25, -0.2) is 0 Å². The van der Waals surface area contributed by atoms with Crippen molar-refractivity contribution >= 4 is 17.9 Å². The lowest BCUT2D eigenvalue weighted by atomic mass is 9.51. The van der Waals surface area contributed by atoms with Crippen molar-refractivity contribution in [1.82, 2.24) is 0 Å². The Labute approximate surface area is 266 Å². The molecular weight excluding hydrogens is 568 g/mol. The summed E-state index contributed by atoms with van der Waals surface area (Å²) in [6, 6.07) is 0. The number of hydrogen-bond donors (Lipinski definition) is 2. The van der Waals surface area contributed by atoms with Crippen LogP contribution in [0.15, 0.2) is 58.2 Å². The Hall–Kier alpha value is -3.71. The van der Waals surface area contributed by atoms with Crippen LogP contribution >= 0.6 is 0 Å². The molecule has 4 bridgehead atoms. The number of carbonyl (C=O) groups is 3. The normalized spacial score (nSPS) is 27.8. The molecule has 0 amide bonds. The Balaban J connectivity index is 1.71. The zero-order chi connectivity index (χ0) is 33.1. The highest BCUT2D eigenvalue weighted by atomic mass is 16.6. The standard InChI is InChI=1S/C38H46O7/c1-21(2)10-9-11-23(5)13-15-26-31(40)27(14-12-22(3)4)34-30(32(26)41)33(42)28-18-25-19-29-36(7,8)45-37(35(25)43,38(28,29)44-34)17-16-24(6)20-39/h10,12-13,16,18,20,25,29,40-41H,9,11,14-15,17,19H2,1-8H3/b23-13+,24-16-/t25-,29+,37+,38-/m1/s1. The highest BCUT2D eigenvalue weighted by Crippen LogP contribution is 2.68. The molecule has 1 saturated heterocycles. The monoisotopic (exact) mass is 614 g/mol. The van der Waals surface area contributed by atoms with E-state index in [4.69, 9.17) is 9.47 Å². The molecule has 1 aromatic carbocycles. The summed E-state index contributed by atoms with van der Waals surface area (Å²) in [6.07, 6.45) is 12.9. The zero-order valence-electron chi connectivity index (χ0n) is 27.8. The Morgan fingerprint density at radius 3 is 2.24 bits per heavy atom. The topological polar surface area (TPSA) is 110 Å². The van der Waals surface area contributed by atoms with Gasteiger partial charge in [0.15, 0.2) is 22.8 Å². The van der Waals surface area contributed by atoms with Gasteiger partial charge in [-0.1, -0.05) is 47.1 Å². The van der Waals surface area contributed by atoms with Crippen LogP contribution in [0, 0.1) is 11.8 Å². The third-order valence-corrected chi connectivity index (χ3v) is 10.0. The number of carbonyl (C=O) groups excluding carboxylic acids is 3. The fourth-order valence-electron chi connectivity index (χ4n) is 7.77. The fraction of sp³-hybridized carbons (Fsp3) is 0.500. The summed E-state index contributed by atoms with van der Waals surface area (Å²) in [7, 11) is 0. The number of phenols is 2. The summed E-state index contributed by atoms with van der Waals surface area (Å²) in [5, 5.41) is 23.4. The maximum Gasteiger partial charge on any atom is 0.200 e. The Morgan fingerprint density at radius 1 is 0.933 bits per heavy atom. The molecule has 7 heteroatoms. The molecule has 3 aliphatic carbocycles. The number of rotatable bonds is 10. The van der Waals surface area contributed by atoms with Crippen molar-refractivity contribution in [3.8, 4) is 17.2 Å². The van der Waals surface area contributed by atoms with Gasteiger partial charge < -0.3 is 19.7 Å². The Morgan fingerprint density at radius 2 is 1.60 bits per heavy atom. The summed E-state index contributed by atoms with van der Waals surface area (Å²) in [4.78, 5) is 40.4. The molecule has 1 saturated carbocycles. The van der Waals surface area contributed by atoms with Gasteiger partial charge in [0.1, 0.15) is 29.1 Å². The fourth-order valence-corrected chi connectivity index (χ4v) is 7.77. The van der Waals surface area contributed by atoms with Crippen molar-refractivity contribution in [2.45, 2.75) is 111 Å². The number of Topliss-reactive ketones (excluding diaryl/α,β-unsaturated/α-hetero) is 2. The van der Waals surface area contributed by atoms with Crippen LogP contribution in [0.3, 0.4) is 0 Å². The number of allylic oxidation sites excluding steroid dienone is 8. The average Bonchev–Trinajstić information content (AvgIpc) is 3.12. The van der Waals surface area contributed by atoms with E-state index in [1.807, 2.05) is 46.8 Å². The third kappa shape index (κ3) is 5.04. The van der Waals surface area contributed by atoms with E-state index in [1.54, 1.807) is 19.1 Å². The Bertz CT molecular complexity index is 1620. The molecule has 1 aromatic rings. The first-order valence-corrected chi connectivity index (χ1v) is 16.0. The molecule has 0 aromatic heterocycles. The van der Waals surface area contributed by atoms with E-state index in [9.17, 15) is 24.6 Å². The van der Waals surface area contributed by atoms with Crippen molar-refractivity contribution in [3.63, 3.8) is 0 Å². The van der Waals surface area contributed by atoms with E-state index >= 15 is 0 Å². The molecule has 2 aliphatic heterocycles. The second-order valence-electron chi connectivity index (χ2n) is 14.2. The van der Waals surface area contributed by atoms with Gasteiger partial charge in [0, 0.05) is 35.0 Å². The van der Waals surface area contributed by atoms with Crippen LogP contribution < -0.4 is 4.74 Å². The van der Waals surface area contributed by atoms with E-state index in [0.717, 1.165) is 30.3 Å². The SMILES string of the molecule is CC(C)=CCC/C(C)=C/Cc1c(O)c(CC=C(C)C)c2c(c1O)C(=O)C1=C[C@@H]3C[C@H]4C(C)(C)O[C@@](C/C=C(/C)C=O)(C3=O)[C@@]14O2. The smallest absolute Gasteiger partial charge is 0.200 e. The van der Waals surface area contributed by atoms with E-state index in [0.29, 0.717) is 23.1 Å². The molecule has 45 heavy (non-hydrogen) atoms. The molecule has 5 aliphatic rings. The number of benzene rings is 1. The summed E-state index contributed by atoms with van der Waals surface area (Å²) in [5.74, 6) is -1.83. The average molecular weight is 615 g/mol. The number of ether oxygens (including phenoxy) is 2. The molecule has 2 fully saturated rings. The minimum atomic E-state index is -1.55. The summed E-state index contributed by atoms with van der Waals surface area (Å²) in [6.45, 7) is 15.5. The number of hydrogen-bond acceptors (Lipinski definition) is 7. The maximum atomic E-state index is 14.7. The quantitative estimate of drug-likeness (QED) is 0.161. The van der Waals surface area contributed by atoms with Crippen molar-refractivity contribution in [3.05, 3.63) is 74.9 Å². The van der Waals surface area contributed by atoms with Gasteiger partial charge in [-0.15, -0.1) is 0 Å². The van der Waals surface area contributed by atoms with Crippen molar-refractivity contribution in [2.24, 2.45) is 11.8 Å². The van der Waals surface area contributed by atoms with Crippen LogP contribution in [0.5, 0.6) is 17.2 Å². The molecule has 6 rings (SSSR count). The van der Waals surface area contributed by atoms with E-state index in [2.05, 4.69) is 19.9 Å². The molecule has 1 spiro atoms. The molecule has 7 nitrogen and oxygen atoms in total. The first-order valence-electron chi connectivity index (χ1n) is 16.0. The highest BCUT2D eigenvalue weighted by Gasteiger charge is 2.81. The van der Waals surface area contributed by atoms with Crippen molar-refractivity contribution < 1.29 is 34.1 Å². The van der Waals surface area contributed by atoms with Gasteiger partial charge in [-0.05, 0) is 93.1 Å². The number of fused-ring (bicyclic) bond motifs is 1.